The van der Waals surface area contributed by atoms with Crippen LogP contribution >= 0.6 is 0 Å². The maximum Gasteiger partial charge on any atom is 0.276 e. The van der Waals surface area contributed by atoms with Crippen molar-refractivity contribution < 1.29 is 4.79 Å². The zero-order valence-corrected chi connectivity index (χ0v) is 12.6. The van der Waals surface area contributed by atoms with Gasteiger partial charge in [0.15, 0.2) is 11.5 Å². The lowest BCUT2D eigenvalue weighted by Crippen LogP contribution is -2.14. The average molecular weight is 315 g/mol. The summed E-state index contributed by atoms with van der Waals surface area (Å²) in [6.07, 6.45) is 0. The second-order valence-corrected chi connectivity index (χ2v) is 4.94. The molecule has 6 heteroatoms. The molecular weight excluding hydrogens is 302 g/mol. The number of nitrogens with one attached hydrogen (secondary N) is 2. The van der Waals surface area contributed by atoms with Crippen LogP contribution in [-0.4, -0.2) is 16.1 Å². The van der Waals surface area contributed by atoms with Crippen molar-refractivity contribution in [2.24, 2.45) is 0 Å². The van der Waals surface area contributed by atoms with Gasteiger partial charge in [0.1, 0.15) is 0 Å². The number of aromatic nitrogens is 2. The molecule has 3 rings (SSSR count). The van der Waals surface area contributed by atoms with Crippen molar-refractivity contribution >= 4 is 23.1 Å². The van der Waals surface area contributed by atoms with Crippen LogP contribution in [0, 0.1) is 11.3 Å². The van der Waals surface area contributed by atoms with Gasteiger partial charge in [-0.25, -0.2) is 0 Å². The quantitative estimate of drug-likeness (QED) is 0.770. The molecule has 0 spiro atoms. The van der Waals surface area contributed by atoms with Crippen molar-refractivity contribution in [3.05, 3.63) is 78.0 Å². The van der Waals surface area contributed by atoms with E-state index in [0.29, 0.717) is 17.1 Å². The number of hydrogen-bond donors (Lipinski definition) is 2. The molecule has 24 heavy (non-hydrogen) atoms. The molecule has 6 nitrogen and oxygen atoms in total. The number of carbonyl (C=O) groups is 1. The maximum absolute atomic E-state index is 12.1. The lowest BCUT2D eigenvalue weighted by atomic mass is 10.2. The van der Waals surface area contributed by atoms with E-state index in [2.05, 4.69) is 20.8 Å². The van der Waals surface area contributed by atoms with E-state index in [9.17, 15) is 4.79 Å². The number of para-hydroxylation sites is 1. The van der Waals surface area contributed by atoms with E-state index in [1.807, 2.05) is 36.4 Å². The van der Waals surface area contributed by atoms with Gasteiger partial charge < -0.3 is 10.6 Å². The van der Waals surface area contributed by atoms with Gasteiger partial charge in [0.05, 0.1) is 11.6 Å². The van der Waals surface area contributed by atoms with Crippen molar-refractivity contribution in [3.63, 3.8) is 0 Å². The molecule has 0 saturated heterocycles. The van der Waals surface area contributed by atoms with Crippen LogP contribution in [0.5, 0.6) is 0 Å². The summed E-state index contributed by atoms with van der Waals surface area (Å²) in [5.41, 5.74) is 2.22. The van der Waals surface area contributed by atoms with E-state index in [1.54, 1.807) is 36.4 Å². The molecule has 0 bridgehead atoms. The number of carbonyl (C=O) groups excluding carboxylic acids is 1. The molecule has 1 aromatic heterocycles. The minimum atomic E-state index is -0.363. The van der Waals surface area contributed by atoms with E-state index in [4.69, 9.17) is 5.26 Å². The van der Waals surface area contributed by atoms with Gasteiger partial charge in [-0.2, -0.15) is 5.26 Å². The van der Waals surface area contributed by atoms with Crippen LogP contribution < -0.4 is 10.6 Å². The van der Waals surface area contributed by atoms with Gasteiger partial charge in [-0.15, -0.1) is 10.2 Å². The number of nitriles is 1. The minimum Gasteiger partial charge on any atom is -0.339 e. The van der Waals surface area contributed by atoms with Gasteiger partial charge >= 0.3 is 0 Å². The summed E-state index contributed by atoms with van der Waals surface area (Å²) in [7, 11) is 0. The number of benzene rings is 2. The molecule has 3 aromatic rings. The molecule has 2 N–H and O–H groups in total. The Bertz CT molecular complexity index is 868. The zero-order valence-electron chi connectivity index (χ0n) is 12.6. The number of anilines is 3. The Hall–Kier alpha value is -3.72. The van der Waals surface area contributed by atoms with Crippen molar-refractivity contribution in [1.82, 2.24) is 10.2 Å². The molecule has 2 aromatic carbocycles. The fourth-order valence-corrected chi connectivity index (χ4v) is 2.01. The molecular formula is C18H13N5O. The Labute approximate surface area is 138 Å². The molecule has 0 aliphatic rings. The van der Waals surface area contributed by atoms with Crippen molar-refractivity contribution in [1.29, 1.82) is 5.26 Å². The first-order valence-electron chi connectivity index (χ1n) is 7.22. The maximum atomic E-state index is 12.1. The van der Waals surface area contributed by atoms with Gasteiger partial charge in [0.2, 0.25) is 0 Å². The van der Waals surface area contributed by atoms with E-state index in [-0.39, 0.29) is 11.6 Å². The summed E-state index contributed by atoms with van der Waals surface area (Å²) in [5.74, 6) is 0.189. The molecule has 0 atom stereocenters. The first-order chi connectivity index (χ1) is 11.7. The van der Waals surface area contributed by atoms with Gasteiger partial charge in [0, 0.05) is 11.4 Å². The molecule has 0 saturated carbocycles. The highest BCUT2D eigenvalue weighted by Gasteiger charge is 2.09. The van der Waals surface area contributed by atoms with Crippen molar-refractivity contribution in [2.45, 2.75) is 0 Å². The third-order valence-corrected chi connectivity index (χ3v) is 3.22. The molecule has 0 fully saturated rings. The van der Waals surface area contributed by atoms with Gasteiger partial charge in [-0.3, -0.25) is 4.79 Å². The summed E-state index contributed by atoms with van der Waals surface area (Å²) in [6, 6.07) is 21.5. The number of amides is 1. The highest BCUT2D eigenvalue weighted by atomic mass is 16.1. The monoisotopic (exact) mass is 315 g/mol. The first kappa shape index (κ1) is 15.2. The van der Waals surface area contributed by atoms with E-state index in [1.165, 1.54) is 0 Å². The van der Waals surface area contributed by atoms with E-state index < -0.39 is 0 Å². The van der Waals surface area contributed by atoms with Crippen LogP contribution in [0.2, 0.25) is 0 Å². The lowest BCUT2D eigenvalue weighted by Gasteiger charge is -2.06. The Balaban J connectivity index is 1.66. The minimum absolute atomic E-state index is 0.206. The van der Waals surface area contributed by atoms with Gasteiger partial charge in [0.25, 0.3) is 5.91 Å². The smallest absolute Gasteiger partial charge is 0.276 e. The number of rotatable bonds is 4. The molecule has 0 radical (unpaired) electrons. The zero-order chi connectivity index (χ0) is 16.8. The number of nitrogens with zero attached hydrogens (tertiary/aromatic N) is 3. The van der Waals surface area contributed by atoms with Gasteiger partial charge in [-0.05, 0) is 48.5 Å². The summed E-state index contributed by atoms with van der Waals surface area (Å²) >= 11 is 0. The largest absolute Gasteiger partial charge is 0.339 e. The Morgan fingerprint density at radius 3 is 2.25 bits per heavy atom. The van der Waals surface area contributed by atoms with Crippen LogP contribution in [0.25, 0.3) is 0 Å². The van der Waals surface area contributed by atoms with E-state index in [0.717, 1.165) is 5.69 Å². The van der Waals surface area contributed by atoms with Crippen LogP contribution in [0.4, 0.5) is 17.2 Å². The van der Waals surface area contributed by atoms with Crippen LogP contribution in [0.1, 0.15) is 16.1 Å². The lowest BCUT2D eigenvalue weighted by molar-refractivity contribution is 0.102. The highest BCUT2D eigenvalue weighted by Crippen LogP contribution is 2.14. The molecule has 1 heterocycles. The molecule has 0 aliphatic heterocycles. The third kappa shape index (κ3) is 3.72. The third-order valence-electron chi connectivity index (χ3n) is 3.22. The topological polar surface area (TPSA) is 90.7 Å². The second-order valence-electron chi connectivity index (χ2n) is 4.94. The number of hydrogen-bond acceptors (Lipinski definition) is 5. The standard InChI is InChI=1S/C18H13N5O/c19-12-13-6-8-15(9-7-13)21-18(24)16-10-11-17(23-22-16)20-14-4-2-1-3-5-14/h1-11H,(H,20,23)(H,21,24). The van der Waals surface area contributed by atoms with Crippen molar-refractivity contribution in [3.8, 4) is 6.07 Å². The molecule has 1 amide bonds. The average Bonchev–Trinajstić information content (AvgIpc) is 2.64. The Morgan fingerprint density at radius 2 is 1.62 bits per heavy atom. The summed E-state index contributed by atoms with van der Waals surface area (Å²) in [6.45, 7) is 0. The van der Waals surface area contributed by atoms with Crippen LogP contribution in [-0.2, 0) is 0 Å². The normalized spacial score (nSPS) is 9.79. The molecule has 0 aliphatic carbocycles. The van der Waals surface area contributed by atoms with E-state index >= 15 is 0 Å². The van der Waals surface area contributed by atoms with Crippen LogP contribution in [0.3, 0.4) is 0 Å². The SMILES string of the molecule is N#Cc1ccc(NC(=O)c2ccc(Nc3ccccc3)nn2)cc1. The molecule has 116 valence electrons. The molecule has 0 unspecified atom stereocenters. The Morgan fingerprint density at radius 1 is 0.875 bits per heavy atom. The predicted octanol–water partition coefficient (Wildman–Crippen LogP) is 3.34. The Kier molecular flexibility index (Phi) is 4.45. The second kappa shape index (κ2) is 7.03. The highest BCUT2D eigenvalue weighted by molar-refractivity contribution is 6.02. The van der Waals surface area contributed by atoms with Gasteiger partial charge in [-0.1, -0.05) is 18.2 Å². The predicted molar refractivity (Wildman–Crippen MR) is 90.9 cm³/mol. The summed E-state index contributed by atoms with van der Waals surface area (Å²) in [5, 5.41) is 22.5. The first-order valence-corrected chi connectivity index (χ1v) is 7.22. The van der Waals surface area contributed by atoms with Crippen LogP contribution in [0.15, 0.2) is 66.7 Å². The summed E-state index contributed by atoms with van der Waals surface area (Å²) < 4.78 is 0. The van der Waals surface area contributed by atoms with Crippen molar-refractivity contribution in [2.75, 3.05) is 10.6 Å². The summed E-state index contributed by atoms with van der Waals surface area (Å²) in [4.78, 5) is 12.1. The fraction of sp³-hybridized carbons (Fsp3) is 0. The fourth-order valence-electron chi connectivity index (χ4n) is 2.01.